The van der Waals surface area contributed by atoms with Gasteiger partial charge in [0.1, 0.15) is 6.04 Å². The molecule has 1 aromatic heterocycles. The zero-order chi connectivity index (χ0) is 20.8. The van der Waals surface area contributed by atoms with Crippen LogP contribution in [0.2, 0.25) is 5.02 Å². The van der Waals surface area contributed by atoms with E-state index in [-0.39, 0.29) is 4.90 Å². The Labute approximate surface area is 178 Å². The van der Waals surface area contributed by atoms with Crippen molar-refractivity contribution >= 4 is 49.1 Å². The molecule has 3 aromatic rings. The third kappa shape index (κ3) is 3.77. The summed E-state index contributed by atoms with van der Waals surface area (Å²) in [5.41, 5.74) is 1.90. The highest BCUT2D eigenvalue weighted by molar-refractivity contribution is 7.89. The number of benzene rings is 2. The van der Waals surface area contributed by atoms with Crippen molar-refractivity contribution in [3.63, 3.8) is 0 Å². The molecule has 1 saturated heterocycles. The Morgan fingerprint density at radius 2 is 1.93 bits per heavy atom. The van der Waals surface area contributed by atoms with Gasteiger partial charge in [-0.15, -0.1) is 0 Å². The van der Waals surface area contributed by atoms with Crippen LogP contribution in [0.1, 0.15) is 18.4 Å². The van der Waals surface area contributed by atoms with Crippen LogP contribution >= 0.6 is 22.9 Å². The second-order valence-corrected chi connectivity index (χ2v) is 10.4. The molecule has 1 unspecified atom stereocenters. The van der Waals surface area contributed by atoms with Crippen molar-refractivity contribution in [3.05, 3.63) is 57.9 Å². The minimum atomic E-state index is -3.75. The molecule has 0 spiro atoms. The molecule has 6 nitrogen and oxygen atoms in total. The summed E-state index contributed by atoms with van der Waals surface area (Å²) in [7, 11) is -1.92. The van der Waals surface area contributed by atoms with Gasteiger partial charge in [-0.3, -0.25) is 4.79 Å². The Bertz CT molecular complexity index is 1260. The van der Waals surface area contributed by atoms with Crippen LogP contribution in [0.15, 0.2) is 52.4 Å². The van der Waals surface area contributed by atoms with E-state index in [0.717, 1.165) is 15.8 Å². The highest BCUT2D eigenvalue weighted by Crippen LogP contribution is 2.27. The van der Waals surface area contributed by atoms with Gasteiger partial charge >= 0.3 is 0 Å². The quantitative estimate of drug-likeness (QED) is 0.614. The van der Waals surface area contributed by atoms with E-state index in [1.54, 1.807) is 30.3 Å². The van der Waals surface area contributed by atoms with Crippen molar-refractivity contribution in [2.24, 2.45) is 12.0 Å². The molecule has 1 aliphatic heterocycles. The minimum Gasteiger partial charge on any atom is -0.319 e. The van der Waals surface area contributed by atoms with Crippen molar-refractivity contribution in [1.29, 1.82) is 0 Å². The molecular weight excluding hydrogens is 430 g/mol. The predicted molar refractivity (Wildman–Crippen MR) is 114 cm³/mol. The molecule has 1 atom stereocenters. The van der Waals surface area contributed by atoms with Gasteiger partial charge in [0.25, 0.3) is 5.91 Å². The highest BCUT2D eigenvalue weighted by Gasteiger charge is 2.39. The number of fused-ring (bicyclic) bond motifs is 1. The van der Waals surface area contributed by atoms with Crippen LogP contribution in [-0.2, 0) is 21.9 Å². The molecule has 0 bridgehead atoms. The number of carbonyl (C=O) groups is 1. The minimum absolute atomic E-state index is 0.199. The Morgan fingerprint density at radius 3 is 2.66 bits per heavy atom. The molecule has 4 rings (SSSR count). The number of hydrogen-bond acceptors (Lipinski definition) is 4. The zero-order valence-electron chi connectivity index (χ0n) is 16.0. The van der Waals surface area contributed by atoms with Gasteiger partial charge < -0.3 is 4.57 Å². The summed E-state index contributed by atoms with van der Waals surface area (Å²) < 4.78 is 30.2. The van der Waals surface area contributed by atoms with E-state index < -0.39 is 22.0 Å². The van der Waals surface area contributed by atoms with Gasteiger partial charge in [-0.2, -0.15) is 9.30 Å². The lowest BCUT2D eigenvalue weighted by Gasteiger charge is -2.21. The molecule has 1 amide bonds. The third-order valence-corrected chi connectivity index (χ3v) is 8.35. The molecule has 0 aliphatic carbocycles. The fourth-order valence-corrected chi connectivity index (χ4v) is 6.45. The number of carbonyl (C=O) groups excluding carboxylic acids is 1. The Kier molecular flexibility index (Phi) is 5.37. The van der Waals surface area contributed by atoms with Gasteiger partial charge in [0.05, 0.1) is 15.1 Å². The lowest BCUT2D eigenvalue weighted by atomic mass is 10.2. The van der Waals surface area contributed by atoms with E-state index in [4.69, 9.17) is 11.6 Å². The van der Waals surface area contributed by atoms with Gasteiger partial charge in [-0.05, 0) is 50.1 Å². The zero-order valence-corrected chi connectivity index (χ0v) is 18.4. The number of nitrogens with zero attached hydrogens (tertiary/aromatic N) is 3. The van der Waals surface area contributed by atoms with E-state index in [1.165, 1.54) is 15.6 Å². The molecule has 0 N–H and O–H groups in total. The van der Waals surface area contributed by atoms with Gasteiger partial charge in [-0.25, -0.2) is 8.42 Å². The van der Waals surface area contributed by atoms with Crippen LogP contribution in [0, 0.1) is 6.92 Å². The Morgan fingerprint density at radius 1 is 1.21 bits per heavy atom. The summed E-state index contributed by atoms with van der Waals surface area (Å²) in [4.78, 5) is 17.9. The number of rotatable bonds is 3. The molecule has 2 heterocycles. The molecule has 2 aromatic carbocycles. The number of halogens is 1. The van der Waals surface area contributed by atoms with E-state index in [1.807, 2.05) is 30.7 Å². The van der Waals surface area contributed by atoms with E-state index in [2.05, 4.69) is 4.99 Å². The van der Waals surface area contributed by atoms with Crippen LogP contribution in [0.4, 0.5) is 0 Å². The number of hydrogen-bond donors (Lipinski definition) is 0. The van der Waals surface area contributed by atoms with Gasteiger partial charge in [-0.1, -0.05) is 40.6 Å². The second kappa shape index (κ2) is 7.68. The van der Waals surface area contributed by atoms with Crippen molar-refractivity contribution in [3.8, 4) is 0 Å². The lowest BCUT2D eigenvalue weighted by Crippen LogP contribution is -2.40. The standard InChI is InChI=1S/C20H20ClN3O3S2/c1-13-5-8-15(9-6-13)29(26,27)24-11-3-4-17(24)19(25)22-20-23(2)16-10-7-14(21)12-18(16)28-20/h5-10,12,17H,3-4,11H2,1-2H3. The predicted octanol–water partition coefficient (Wildman–Crippen LogP) is 3.48. The van der Waals surface area contributed by atoms with Crippen LogP contribution < -0.4 is 4.80 Å². The Balaban J connectivity index is 1.69. The molecule has 9 heteroatoms. The first-order valence-electron chi connectivity index (χ1n) is 9.19. The topological polar surface area (TPSA) is 71.7 Å². The average molecular weight is 450 g/mol. The first-order chi connectivity index (χ1) is 13.8. The van der Waals surface area contributed by atoms with Crippen molar-refractivity contribution in [2.75, 3.05) is 6.54 Å². The molecular formula is C20H20ClN3O3S2. The summed E-state index contributed by atoms with van der Waals surface area (Å²) in [6.45, 7) is 2.21. The van der Waals surface area contributed by atoms with Crippen molar-refractivity contribution < 1.29 is 13.2 Å². The molecule has 1 aliphatic rings. The molecule has 0 saturated carbocycles. The fourth-order valence-electron chi connectivity index (χ4n) is 3.50. The van der Waals surface area contributed by atoms with Gasteiger partial charge in [0.2, 0.25) is 10.0 Å². The van der Waals surface area contributed by atoms with Crippen LogP contribution in [0.5, 0.6) is 0 Å². The van der Waals surface area contributed by atoms with Crippen molar-refractivity contribution in [2.45, 2.75) is 30.7 Å². The van der Waals surface area contributed by atoms with E-state index >= 15 is 0 Å². The fraction of sp³-hybridized carbons (Fsp3) is 0.300. The molecule has 1 fully saturated rings. The van der Waals surface area contributed by atoms with Crippen LogP contribution in [0.25, 0.3) is 10.2 Å². The number of aromatic nitrogens is 1. The molecule has 0 radical (unpaired) electrons. The lowest BCUT2D eigenvalue weighted by molar-refractivity contribution is -0.121. The maximum absolute atomic E-state index is 13.1. The number of amides is 1. The second-order valence-electron chi connectivity index (χ2n) is 7.09. The smallest absolute Gasteiger partial charge is 0.266 e. The SMILES string of the molecule is Cc1ccc(S(=O)(=O)N2CCCC2C(=O)N=c2sc3cc(Cl)ccc3n2C)cc1. The number of thiazole rings is 1. The van der Waals surface area contributed by atoms with Gasteiger partial charge in [0.15, 0.2) is 4.80 Å². The highest BCUT2D eigenvalue weighted by atomic mass is 35.5. The third-order valence-electron chi connectivity index (χ3n) is 5.09. The maximum atomic E-state index is 13.1. The number of aryl methyl sites for hydroxylation is 2. The summed E-state index contributed by atoms with van der Waals surface area (Å²) in [5, 5.41) is 0.614. The summed E-state index contributed by atoms with van der Waals surface area (Å²) in [6.07, 6.45) is 1.10. The van der Waals surface area contributed by atoms with Crippen molar-refractivity contribution in [1.82, 2.24) is 8.87 Å². The molecule has 29 heavy (non-hydrogen) atoms. The summed E-state index contributed by atoms with van der Waals surface area (Å²) in [5.74, 6) is -0.438. The first-order valence-corrected chi connectivity index (χ1v) is 11.8. The van der Waals surface area contributed by atoms with E-state index in [9.17, 15) is 13.2 Å². The van der Waals surface area contributed by atoms with E-state index in [0.29, 0.717) is 29.2 Å². The van der Waals surface area contributed by atoms with Crippen LogP contribution in [0.3, 0.4) is 0 Å². The normalized spacial score (nSPS) is 18.6. The Hall–Kier alpha value is -2.00. The number of sulfonamides is 1. The largest absolute Gasteiger partial charge is 0.319 e. The summed E-state index contributed by atoms with van der Waals surface area (Å²) >= 11 is 7.41. The average Bonchev–Trinajstić information content (AvgIpc) is 3.28. The summed E-state index contributed by atoms with van der Waals surface area (Å²) in [6, 6.07) is 11.4. The maximum Gasteiger partial charge on any atom is 0.266 e. The van der Waals surface area contributed by atoms with Gasteiger partial charge in [0, 0.05) is 18.6 Å². The first kappa shape index (κ1) is 20.3. The monoisotopic (exact) mass is 449 g/mol. The van der Waals surface area contributed by atoms with Crippen LogP contribution in [-0.4, -0.2) is 35.8 Å². The molecule has 152 valence electrons.